The van der Waals surface area contributed by atoms with Crippen molar-refractivity contribution in [3.05, 3.63) is 66.2 Å². The van der Waals surface area contributed by atoms with Crippen LogP contribution < -0.4 is 0 Å². The Balaban J connectivity index is 1.72. The first-order valence-electron chi connectivity index (χ1n) is 8.04. The molecule has 0 bridgehead atoms. The van der Waals surface area contributed by atoms with E-state index in [4.69, 9.17) is 9.47 Å². The highest BCUT2D eigenvalue weighted by molar-refractivity contribution is 7.99. The molecule has 24 heavy (non-hydrogen) atoms. The molecule has 0 aromatic heterocycles. The molecule has 5 heteroatoms. The minimum Gasteiger partial charge on any atom is -0.388 e. The smallest absolute Gasteiger partial charge is 0.136 e. The van der Waals surface area contributed by atoms with E-state index in [-0.39, 0.29) is 5.44 Å². The van der Waals surface area contributed by atoms with Crippen LogP contribution in [0, 0.1) is 0 Å². The van der Waals surface area contributed by atoms with Crippen molar-refractivity contribution in [2.24, 2.45) is 0 Å². The van der Waals surface area contributed by atoms with Crippen LogP contribution in [0.5, 0.6) is 0 Å². The van der Waals surface area contributed by atoms with Crippen LogP contribution in [0.4, 0.5) is 0 Å². The molecule has 0 saturated carbocycles. The molecule has 128 valence electrons. The Morgan fingerprint density at radius 3 is 2.25 bits per heavy atom. The third-order valence-electron chi connectivity index (χ3n) is 4.07. The fourth-order valence-electron chi connectivity index (χ4n) is 2.67. The van der Waals surface area contributed by atoms with Crippen LogP contribution in [0.1, 0.15) is 12.5 Å². The Labute approximate surface area is 146 Å². The summed E-state index contributed by atoms with van der Waals surface area (Å²) in [5.41, 5.74) is 0.630. The predicted molar refractivity (Wildman–Crippen MR) is 93.7 cm³/mol. The molecule has 3 rings (SSSR count). The fraction of sp³-hybridized carbons (Fsp3) is 0.368. The first-order valence-corrected chi connectivity index (χ1v) is 8.92. The van der Waals surface area contributed by atoms with E-state index < -0.39 is 24.4 Å². The molecule has 5 unspecified atom stereocenters. The molecule has 1 saturated heterocycles. The van der Waals surface area contributed by atoms with E-state index in [0.29, 0.717) is 6.61 Å². The van der Waals surface area contributed by atoms with Gasteiger partial charge in [0, 0.05) is 4.90 Å². The van der Waals surface area contributed by atoms with Crippen LogP contribution in [0.25, 0.3) is 0 Å². The first-order chi connectivity index (χ1) is 11.6. The summed E-state index contributed by atoms with van der Waals surface area (Å²) >= 11 is 1.50. The summed E-state index contributed by atoms with van der Waals surface area (Å²) in [6.45, 7) is 2.12. The average molecular weight is 346 g/mol. The Morgan fingerprint density at radius 2 is 1.58 bits per heavy atom. The molecular formula is C19H22O4S. The van der Waals surface area contributed by atoms with E-state index in [9.17, 15) is 10.2 Å². The second kappa shape index (κ2) is 8.14. The second-order valence-corrected chi connectivity index (χ2v) is 7.05. The maximum absolute atomic E-state index is 10.5. The van der Waals surface area contributed by atoms with E-state index in [1.54, 1.807) is 6.92 Å². The van der Waals surface area contributed by atoms with E-state index in [1.165, 1.54) is 11.8 Å². The molecule has 1 heterocycles. The third kappa shape index (κ3) is 4.18. The zero-order valence-electron chi connectivity index (χ0n) is 13.5. The zero-order chi connectivity index (χ0) is 16.9. The number of aliphatic hydroxyl groups is 2. The molecule has 0 spiro atoms. The lowest BCUT2D eigenvalue weighted by molar-refractivity contribution is -0.210. The van der Waals surface area contributed by atoms with Gasteiger partial charge in [-0.2, -0.15) is 0 Å². The van der Waals surface area contributed by atoms with Crippen molar-refractivity contribution < 1.29 is 19.7 Å². The molecule has 1 aliphatic heterocycles. The largest absolute Gasteiger partial charge is 0.388 e. The molecule has 4 nitrogen and oxygen atoms in total. The van der Waals surface area contributed by atoms with Gasteiger partial charge < -0.3 is 19.7 Å². The van der Waals surface area contributed by atoms with Crippen molar-refractivity contribution in [2.45, 2.75) is 48.3 Å². The van der Waals surface area contributed by atoms with Gasteiger partial charge in [0.1, 0.15) is 23.7 Å². The summed E-state index contributed by atoms with van der Waals surface area (Å²) in [7, 11) is 0. The SMILES string of the molecule is CC1OC(Sc2ccccc2)C(OCc2ccccc2)C(O)C1O. The summed E-state index contributed by atoms with van der Waals surface area (Å²) in [6, 6.07) is 19.6. The maximum Gasteiger partial charge on any atom is 0.136 e. The van der Waals surface area contributed by atoms with Crippen molar-refractivity contribution in [1.82, 2.24) is 0 Å². The molecule has 2 aromatic rings. The summed E-state index contributed by atoms with van der Waals surface area (Å²) in [4.78, 5) is 1.03. The highest BCUT2D eigenvalue weighted by Crippen LogP contribution is 2.35. The fourth-order valence-corrected chi connectivity index (χ4v) is 3.86. The quantitative estimate of drug-likeness (QED) is 0.872. The first kappa shape index (κ1) is 17.5. The number of thioether (sulfide) groups is 1. The van der Waals surface area contributed by atoms with Crippen molar-refractivity contribution in [1.29, 1.82) is 0 Å². The number of aliphatic hydroxyl groups excluding tert-OH is 2. The normalized spacial score (nSPS) is 30.2. The van der Waals surface area contributed by atoms with Gasteiger partial charge in [0.25, 0.3) is 0 Å². The van der Waals surface area contributed by atoms with Crippen molar-refractivity contribution in [3.8, 4) is 0 Å². The highest BCUT2D eigenvalue weighted by Gasteiger charge is 2.43. The third-order valence-corrected chi connectivity index (χ3v) is 5.22. The molecule has 0 radical (unpaired) electrons. The number of hydrogen-bond donors (Lipinski definition) is 2. The standard InChI is InChI=1S/C19H22O4S/c1-13-16(20)17(21)18(22-12-14-8-4-2-5-9-14)19(23-13)24-15-10-6-3-7-11-15/h2-11,13,16-21H,12H2,1H3. The van der Waals surface area contributed by atoms with Gasteiger partial charge in [-0.25, -0.2) is 0 Å². The van der Waals surface area contributed by atoms with Crippen molar-refractivity contribution in [3.63, 3.8) is 0 Å². The number of benzene rings is 2. The maximum atomic E-state index is 10.5. The van der Waals surface area contributed by atoms with Gasteiger partial charge in [-0.1, -0.05) is 60.3 Å². The minimum atomic E-state index is -0.987. The number of ether oxygens (including phenoxy) is 2. The highest BCUT2D eigenvalue weighted by atomic mass is 32.2. The van der Waals surface area contributed by atoms with E-state index in [1.807, 2.05) is 60.7 Å². The molecule has 0 amide bonds. The van der Waals surface area contributed by atoms with Gasteiger partial charge in [0.05, 0.1) is 12.7 Å². The molecule has 2 N–H and O–H groups in total. The van der Waals surface area contributed by atoms with Crippen molar-refractivity contribution >= 4 is 11.8 Å². The van der Waals surface area contributed by atoms with Crippen LogP contribution in [0.2, 0.25) is 0 Å². The Hall–Kier alpha value is -1.37. The summed E-state index contributed by atoms with van der Waals surface area (Å²) in [5, 5.41) is 20.6. The second-order valence-electron chi connectivity index (χ2n) is 5.88. The number of hydrogen-bond acceptors (Lipinski definition) is 5. The Bertz CT molecular complexity index is 622. The van der Waals surface area contributed by atoms with Crippen LogP contribution in [0.15, 0.2) is 65.6 Å². The minimum absolute atomic E-state index is 0.360. The van der Waals surface area contributed by atoms with Gasteiger partial charge in [-0.3, -0.25) is 0 Å². The number of rotatable bonds is 5. The van der Waals surface area contributed by atoms with Crippen LogP contribution in [-0.2, 0) is 16.1 Å². The van der Waals surface area contributed by atoms with Crippen LogP contribution in [0.3, 0.4) is 0 Å². The van der Waals surface area contributed by atoms with Gasteiger partial charge >= 0.3 is 0 Å². The van der Waals surface area contributed by atoms with Crippen molar-refractivity contribution in [2.75, 3.05) is 0 Å². The van der Waals surface area contributed by atoms with Gasteiger partial charge in [-0.05, 0) is 24.6 Å². The van der Waals surface area contributed by atoms with E-state index in [0.717, 1.165) is 10.5 Å². The average Bonchev–Trinajstić information content (AvgIpc) is 2.61. The molecular weight excluding hydrogens is 324 g/mol. The van der Waals surface area contributed by atoms with Gasteiger partial charge in [0.15, 0.2) is 0 Å². The van der Waals surface area contributed by atoms with Crippen LogP contribution in [-0.4, -0.2) is 40.1 Å². The topological polar surface area (TPSA) is 58.9 Å². The van der Waals surface area contributed by atoms with Gasteiger partial charge in [-0.15, -0.1) is 0 Å². The summed E-state index contributed by atoms with van der Waals surface area (Å²) in [5.74, 6) is 0. The Kier molecular flexibility index (Phi) is 5.92. The van der Waals surface area contributed by atoms with E-state index >= 15 is 0 Å². The Morgan fingerprint density at radius 1 is 0.958 bits per heavy atom. The van der Waals surface area contributed by atoms with E-state index in [2.05, 4.69) is 0 Å². The molecule has 2 aromatic carbocycles. The molecule has 0 aliphatic carbocycles. The molecule has 5 atom stereocenters. The lowest BCUT2D eigenvalue weighted by atomic mass is 10.0. The lowest BCUT2D eigenvalue weighted by Crippen LogP contribution is -2.56. The zero-order valence-corrected chi connectivity index (χ0v) is 14.3. The lowest BCUT2D eigenvalue weighted by Gasteiger charge is -2.41. The van der Waals surface area contributed by atoms with Gasteiger partial charge in [0.2, 0.25) is 0 Å². The molecule has 1 fully saturated rings. The predicted octanol–water partition coefficient (Wildman–Crippen LogP) is 2.83. The monoisotopic (exact) mass is 346 g/mol. The summed E-state index contributed by atoms with van der Waals surface area (Å²) < 4.78 is 11.8. The molecule has 1 aliphatic rings. The van der Waals surface area contributed by atoms with Crippen LogP contribution >= 0.6 is 11.8 Å². The summed E-state index contributed by atoms with van der Waals surface area (Å²) in [6.07, 6.45) is -3.00.